The van der Waals surface area contributed by atoms with Gasteiger partial charge in [-0.25, -0.2) is 0 Å². The first-order chi connectivity index (χ1) is 7.54. The molecule has 0 rings (SSSR count). The van der Waals surface area contributed by atoms with Crippen molar-refractivity contribution in [1.82, 2.24) is 4.90 Å². The summed E-state index contributed by atoms with van der Waals surface area (Å²) in [6.07, 6.45) is 4.27. The second kappa shape index (κ2) is 8.50. The van der Waals surface area contributed by atoms with E-state index in [1.54, 1.807) is 6.92 Å². The minimum absolute atomic E-state index is 0.0781. The molecule has 0 aliphatic rings. The smallest absolute Gasteiger partial charge is 0.232 e. The molecular formula is C12H24N2OS. The highest BCUT2D eigenvalue weighted by atomic mass is 32.1. The molecule has 1 amide bonds. The summed E-state index contributed by atoms with van der Waals surface area (Å²) in [6, 6.07) is 0. The van der Waals surface area contributed by atoms with Crippen molar-refractivity contribution in [2.24, 2.45) is 11.7 Å². The van der Waals surface area contributed by atoms with Crippen molar-refractivity contribution in [2.45, 2.75) is 46.5 Å². The largest absolute Gasteiger partial charge is 0.393 e. The van der Waals surface area contributed by atoms with Crippen LogP contribution in [0.2, 0.25) is 0 Å². The molecule has 0 bridgehead atoms. The molecule has 0 fully saturated rings. The summed E-state index contributed by atoms with van der Waals surface area (Å²) < 4.78 is 0. The van der Waals surface area contributed by atoms with Crippen molar-refractivity contribution < 1.29 is 4.79 Å². The third-order valence-corrected chi connectivity index (χ3v) is 3.03. The minimum Gasteiger partial charge on any atom is -0.393 e. The van der Waals surface area contributed by atoms with Crippen LogP contribution in [0.25, 0.3) is 0 Å². The van der Waals surface area contributed by atoms with Crippen molar-refractivity contribution in [3.05, 3.63) is 0 Å². The average Bonchev–Trinajstić information content (AvgIpc) is 2.27. The first-order valence-electron chi connectivity index (χ1n) is 6.12. The molecule has 2 N–H and O–H groups in total. The van der Waals surface area contributed by atoms with Gasteiger partial charge in [0, 0.05) is 13.1 Å². The molecule has 1 unspecified atom stereocenters. The molecule has 16 heavy (non-hydrogen) atoms. The van der Waals surface area contributed by atoms with Crippen LogP contribution in [0.5, 0.6) is 0 Å². The van der Waals surface area contributed by atoms with E-state index in [0.717, 1.165) is 38.8 Å². The van der Waals surface area contributed by atoms with E-state index in [1.165, 1.54) is 0 Å². The Morgan fingerprint density at radius 3 is 2.00 bits per heavy atom. The third kappa shape index (κ3) is 5.45. The number of amides is 1. The third-order valence-electron chi connectivity index (χ3n) is 2.67. The van der Waals surface area contributed by atoms with Crippen molar-refractivity contribution in [2.75, 3.05) is 13.1 Å². The van der Waals surface area contributed by atoms with Crippen LogP contribution in [0, 0.1) is 5.92 Å². The molecule has 0 aromatic carbocycles. The lowest BCUT2D eigenvalue weighted by molar-refractivity contribution is -0.133. The Morgan fingerprint density at radius 1 is 1.25 bits per heavy atom. The van der Waals surface area contributed by atoms with Crippen LogP contribution < -0.4 is 5.73 Å². The number of carbonyl (C=O) groups is 1. The molecule has 0 aliphatic heterocycles. The van der Waals surface area contributed by atoms with Gasteiger partial charge in [0.15, 0.2) is 0 Å². The summed E-state index contributed by atoms with van der Waals surface area (Å²) in [7, 11) is 0. The summed E-state index contributed by atoms with van der Waals surface area (Å²) in [4.78, 5) is 14.2. The summed E-state index contributed by atoms with van der Waals surface area (Å²) >= 11 is 4.87. The molecule has 4 heteroatoms. The van der Waals surface area contributed by atoms with Crippen molar-refractivity contribution in [1.29, 1.82) is 0 Å². The fourth-order valence-corrected chi connectivity index (χ4v) is 1.53. The van der Waals surface area contributed by atoms with Gasteiger partial charge in [0.2, 0.25) is 5.91 Å². The maximum absolute atomic E-state index is 12.1. The maximum Gasteiger partial charge on any atom is 0.232 e. The predicted octanol–water partition coefficient (Wildman–Crippen LogP) is 2.34. The van der Waals surface area contributed by atoms with E-state index in [9.17, 15) is 4.79 Å². The normalized spacial score (nSPS) is 12.2. The monoisotopic (exact) mass is 244 g/mol. The van der Waals surface area contributed by atoms with Gasteiger partial charge in [-0.05, 0) is 19.8 Å². The van der Waals surface area contributed by atoms with Crippen LogP contribution in [0.4, 0.5) is 0 Å². The molecular weight excluding hydrogens is 220 g/mol. The molecule has 0 heterocycles. The van der Waals surface area contributed by atoms with E-state index in [1.807, 2.05) is 4.90 Å². The Labute approximate surface area is 104 Å². The van der Waals surface area contributed by atoms with Gasteiger partial charge in [-0.15, -0.1) is 0 Å². The number of thiocarbonyl (C=S) groups is 1. The minimum atomic E-state index is -0.330. The Hall–Kier alpha value is -0.640. The second-order valence-corrected chi connectivity index (χ2v) is 4.63. The number of nitrogens with zero attached hydrogens (tertiary/aromatic N) is 1. The van der Waals surface area contributed by atoms with E-state index in [-0.39, 0.29) is 11.8 Å². The molecule has 1 atom stereocenters. The number of hydrogen-bond donors (Lipinski definition) is 1. The molecule has 3 nitrogen and oxygen atoms in total. The number of hydrogen-bond acceptors (Lipinski definition) is 2. The van der Waals surface area contributed by atoms with Crippen LogP contribution in [0.1, 0.15) is 46.5 Å². The van der Waals surface area contributed by atoms with E-state index in [0.29, 0.717) is 4.99 Å². The first kappa shape index (κ1) is 15.4. The van der Waals surface area contributed by atoms with Crippen LogP contribution >= 0.6 is 12.2 Å². The Morgan fingerprint density at radius 2 is 1.69 bits per heavy atom. The van der Waals surface area contributed by atoms with Gasteiger partial charge in [0.05, 0.1) is 10.9 Å². The van der Waals surface area contributed by atoms with Gasteiger partial charge in [-0.3, -0.25) is 4.79 Å². The highest BCUT2D eigenvalue weighted by Crippen LogP contribution is 2.07. The Bertz CT molecular complexity index is 223. The van der Waals surface area contributed by atoms with Crippen LogP contribution in [0.3, 0.4) is 0 Å². The fourth-order valence-electron chi connectivity index (χ4n) is 1.43. The molecule has 0 spiro atoms. The lowest BCUT2D eigenvalue weighted by Crippen LogP contribution is -2.40. The van der Waals surface area contributed by atoms with Gasteiger partial charge >= 0.3 is 0 Å². The standard InChI is InChI=1S/C12H24N2OS/c1-4-6-8-14(9-7-5-2)12(15)10(3)11(13)16/h10H,4-9H2,1-3H3,(H2,13,16). The van der Waals surface area contributed by atoms with Crippen LogP contribution in [-0.4, -0.2) is 28.9 Å². The predicted molar refractivity (Wildman–Crippen MR) is 72.3 cm³/mol. The summed E-state index contributed by atoms with van der Waals surface area (Å²) in [5.74, 6) is -0.252. The maximum atomic E-state index is 12.1. The van der Waals surface area contributed by atoms with Gasteiger partial charge in [-0.2, -0.15) is 0 Å². The molecule has 0 saturated carbocycles. The first-order valence-corrected chi connectivity index (χ1v) is 6.53. The lowest BCUT2D eigenvalue weighted by atomic mass is 10.1. The highest BCUT2D eigenvalue weighted by molar-refractivity contribution is 7.80. The van der Waals surface area contributed by atoms with Crippen LogP contribution in [0.15, 0.2) is 0 Å². The van der Waals surface area contributed by atoms with Gasteiger partial charge in [0.1, 0.15) is 0 Å². The van der Waals surface area contributed by atoms with Crippen molar-refractivity contribution in [3.63, 3.8) is 0 Å². The molecule has 0 saturated heterocycles. The molecule has 0 aromatic rings. The zero-order chi connectivity index (χ0) is 12.6. The fraction of sp³-hybridized carbons (Fsp3) is 0.833. The zero-order valence-corrected chi connectivity index (χ0v) is 11.5. The van der Waals surface area contributed by atoms with Crippen LogP contribution in [-0.2, 0) is 4.79 Å². The number of unbranched alkanes of at least 4 members (excludes halogenated alkanes) is 2. The summed E-state index contributed by atoms with van der Waals surface area (Å²) in [5.41, 5.74) is 5.52. The van der Waals surface area contributed by atoms with E-state index in [4.69, 9.17) is 18.0 Å². The Balaban J connectivity index is 4.35. The number of rotatable bonds is 8. The van der Waals surface area contributed by atoms with Gasteiger partial charge in [0.25, 0.3) is 0 Å². The molecule has 0 aromatic heterocycles. The number of nitrogens with two attached hydrogens (primary N) is 1. The quantitative estimate of drug-likeness (QED) is 0.667. The van der Waals surface area contributed by atoms with Gasteiger partial charge < -0.3 is 10.6 Å². The van der Waals surface area contributed by atoms with E-state index >= 15 is 0 Å². The summed E-state index contributed by atoms with van der Waals surface area (Å²) in [6.45, 7) is 7.68. The molecule has 94 valence electrons. The Kier molecular flexibility index (Phi) is 8.16. The lowest BCUT2D eigenvalue weighted by Gasteiger charge is -2.25. The van der Waals surface area contributed by atoms with Crippen molar-refractivity contribution >= 4 is 23.1 Å². The molecule has 0 radical (unpaired) electrons. The van der Waals surface area contributed by atoms with E-state index < -0.39 is 0 Å². The molecule has 0 aliphatic carbocycles. The average molecular weight is 244 g/mol. The van der Waals surface area contributed by atoms with E-state index in [2.05, 4.69) is 13.8 Å². The number of carbonyl (C=O) groups excluding carboxylic acids is 1. The van der Waals surface area contributed by atoms with Crippen molar-refractivity contribution in [3.8, 4) is 0 Å². The highest BCUT2D eigenvalue weighted by Gasteiger charge is 2.21. The SMILES string of the molecule is CCCCN(CCCC)C(=O)C(C)C(N)=S. The summed E-state index contributed by atoms with van der Waals surface area (Å²) in [5, 5.41) is 0. The second-order valence-electron chi connectivity index (χ2n) is 4.16. The topological polar surface area (TPSA) is 46.3 Å². The zero-order valence-electron chi connectivity index (χ0n) is 10.7. The van der Waals surface area contributed by atoms with Gasteiger partial charge in [-0.1, -0.05) is 38.9 Å².